The Morgan fingerprint density at radius 2 is 1.89 bits per heavy atom. The van der Waals surface area contributed by atoms with Crippen LogP contribution in [-0.2, 0) is 35.4 Å². The summed E-state index contributed by atoms with van der Waals surface area (Å²) in [5, 5.41) is 2.63. The fourth-order valence-electron chi connectivity index (χ4n) is 3.13. The van der Waals surface area contributed by atoms with Crippen LogP contribution in [0.3, 0.4) is 0 Å². The maximum atomic E-state index is 12.4. The van der Waals surface area contributed by atoms with E-state index in [9.17, 15) is 22.8 Å². The number of anilines is 1. The summed E-state index contributed by atoms with van der Waals surface area (Å²) in [6.07, 6.45) is 1.11. The van der Waals surface area contributed by atoms with Gasteiger partial charge >= 0.3 is 5.97 Å². The number of carbonyl (C=O) groups excluding carboxylic acids is 3. The summed E-state index contributed by atoms with van der Waals surface area (Å²) in [5.41, 5.74) is 1.32. The molecule has 1 heterocycles. The lowest BCUT2D eigenvalue weighted by Gasteiger charge is -2.27. The van der Waals surface area contributed by atoms with E-state index in [1.165, 1.54) is 11.8 Å². The second-order valence-electron chi connectivity index (χ2n) is 6.86. The van der Waals surface area contributed by atoms with Crippen LogP contribution in [0.5, 0.6) is 0 Å². The number of amides is 2. The maximum Gasteiger partial charge on any atom is 0.310 e. The van der Waals surface area contributed by atoms with E-state index in [4.69, 9.17) is 4.74 Å². The van der Waals surface area contributed by atoms with Gasteiger partial charge in [0.1, 0.15) is 0 Å². The molecule has 0 aliphatic carbocycles. The molecule has 1 aliphatic rings. The topological polar surface area (TPSA) is 110 Å². The van der Waals surface area contributed by atoms with E-state index in [1.807, 2.05) is 6.92 Å². The molecule has 0 spiro atoms. The molecule has 1 aromatic rings. The minimum absolute atomic E-state index is 0.000777. The first-order valence-corrected chi connectivity index (χ1v) is 11.0. The molecule has 1 saturated heterocycles. The quantitative estimate of drug-likeness (QED) is 0.644. The lowest BCUT2D eigenvalue weighted by molar-refractivity contribution is -0.152. The summed E-state index contributed by atoms with van der Waals surface area (Å²) in [6.45, 7) is 3.34. The highest BCUT2D eigenvalue weighted by atomic mass is 32.2. The van der Waals surface area contributed by atoms with E-state index in [-0.39, 0.29) is 35.8 Å². The summed E-state index contributed by atoms with van der Waals surface area (Å²) in [4.78, 5) is 37.0. The normalized spacial score (nSPS) is 17.7. The van der Waals surface area contributed by atoms with Crippen molar-refractivity contribution in [3.8, 4) is 0 Å². The van der Waals surface area contributed by atoms with Crippen molar-refractivity contribution in [2.45, 2.75) is 39.2 Å². The van der Waals surface area contributed by atoms with Gasteiger partial charge in [0.15, 0.2) is 16.4 Å². The average Bonchev–Trinajstić information content (AvgIpc) is 2.98. The summed E-state index contributed by atoms with van der Waals surface area (Å²) < 4.78 is 28.4. The Hall–Kier alpha value is -2.42. The van der Waals surface area contributed by atoms with Gasteiger partial charge in [-0.05, 0) is 30.5 Å². The second kappa shape index (κ2) is 9.68. The summed E-state index contributed by atoms with van der Waals surface area (Å²) in [5.74, 6) is -1.06. The number of benzene rings is 1. The molecule has 2 rings (SSSR count). The van der Waals surface area contributed by atoms with Crippen molar-refractivity contribution in [1.82, 2.24) is 4.90 Å². The van der Waals surface area contributed by atoms with Crippen molar-refractivity contribution < 1.29 is 27.5 Å². The van der Waals surface area contributed by atoms with Crippen LogP contribution in [0.1, 0.15) is 32.3 Å². The van der Waals surface area contributed by atoms with Crippen molar-refractivity contribution in [3.63, 3.8) is 0 Å². The predicted octanol–water partition coefficient (Wildman–Crippen LogP) is 1.16. The third kappa shape index (κ3) is 6.63. The first-order valence-electron chi connectivity index (χ1n) is 9.22. The maximum absolute atomic E-state index is 12.4. The number of ether oxygens (including phenoxy) is 1. The van der Waals surface area contributed by atoms with Crippen molar-refractivity contribution in [1.29, 1.82) is 0 Å². The van der Waals surface area contributed by atoms with E-state index in [2.05, 4.69) is 5.32 Å². The van der Waals surface area contributed by atoms with Crippen LogP contribution in [0, 0.1) is 0 Å². The molecule has 1 aromatic carbocycles. The number of nitrogens with one attached hydrogen (secondary N) is 1. The van der Waals surface area contributed by atoms with Gasteiger partial charge in [0.05, 0.1) is 17.9 Å². The number of carbonyl (C=O) groups is 3. The highest BCUT2D eigenvalue weighted by Crippen LogP contribution is 2.18. The molecule has 0 saturated carbocycles. The molecule has 1 aliphatic heterocycles. The van der Waals surface area contributed by atoms with Crippen LogP contribution in [0.4, 0.5) is 5.69 Å². The average molecular weight is 410 g/mol. The predicted molar refractivity (Wildman–Crippen MR) is 104 cm³/mol. The smallest absolute Gasteiger partial charge is 0.310 e. The van der Waals surface area contributed by atoms with E-state index >= 15 is 0 Å². The largest absolute Gasteiger partial charge is 0.455 e. The van der Waals surface area contributed by atoms with Crippen LogP contribution in [-0.4, -0.2) is 61.8 Å². The molecule has 0 aromatic heterocycles. The molecule has 9 heteroatoms. The third-order valence-corrected chi connectivity index (χ3v) is 6.16. The Morgan fingerprint density at radius 3 is 2.43 bits per heavy atom. The monoisotopic (exact) mass is 410 g/mol. The molecular weight excluding hydrogens is 384 g/mol. The molecule has 154 valence electrons. The standard InChI is InChI=1S/C19H26N2O6S/c1-3-9-21(17-8-10-28(25,26)13-17)18(23)12-27-19(24)11-15-4-6-16(7-5-15)20-14(2)22/h4-7,17H,3,8-13H2,1-2H3,(H,20,22)/t17-/m0/s1. The Balaban J connectivity index is 1.86. The van der Waals surface area contributed by atoms with E-state index in [0.717, 1.165) is 0 Å². The zero-order valence-electron chi connectivity index (χ0n) is 16.1. The Morgan fingerprint density at radius 1 is 1.21 bits per heavy atom. The van der Waals surface area contributed by atoms with Crippen LogP contribution in [0.25, 0.3) is 0 Å². The SMILES string of the molecule is CCCN(C(=O)COC(=O)Cc1ccc(NC(C)=O)cc1)[C@H]1CCS(=O)(=O)C1. The van der Waals surface area contributed by atoms with Gasteiger partial charge in [-0.15, -0.1) is 0 Å². The minimum atomic E-state index is -3.10. The van der Waals surface area contributed by atoms with Crippen LogP contribution in [0.2, 0.25) is 0 Å². The van der Waals surface area contributed by atoms with Crippen molar-refractivity contribution in [3.05, 3.63) is 29.8 Å². The van der Waals surface area contributed by atoms with Gasteiger partial charge in [-0.1, -0.05) is 19.1 Å². The number of hydrogen-bond acceptors (Lipinski definition) is 6. The molecule has 1 fully saturated rings. The van der Waals surface area contributed by atoms with E-state index in [1.54, 1.807) is 24.3 Å². The Labute approximate surface area is 165 Å². The number of hydrogen-bond donors (Lipinski definition) is 1. The van der Waals surface area contributed by atoms with Crippen LogP contribution in [0.15, 0.2) is 24.3 Å². The minimum Gasteiger partial charge on any atom is -0.455 e. The number of rotatable bonds is 8. The van der Waals surface area contributed by atoms with Crippen molar-refractivity contribution >= 4 is 33.3 Å². The zero-order chi connectivity index (χ0) is 20.7. The molecule has 0 unspecified atom stereocenters. The zero-order valence-corrected chi connectivity index (χ0v) is 17.0. The Kier molecular flexibility index (Phi) is 7.56. The lowest BCUT2D eigenvalue weighted by Crippen LogP contribution is -2.43. The van der Waals surface area contributed by atoms with Gasteiger partial charge in [0.2, 0.25) is 5.91 Å². The van der Waals surface area contributed by atoms with Gasteiger partial charge in [-0.2, -0.15) is 0 Å². The summed E-state index contributed by atoms with van der Waals surface area (Å²) in [7, 11) is -3.10. The first-order chi connectivity index (χ1) is 13.2. The van der Waals surface area contributed by atoms with Crippen molar-refractivity contribution in [2.75, 3.05) is 30.0 Å². The lowest BCUT2D eigenvalue weighted by atomic mass is 10.1. The summed E-state index contributed by atoms with van der Waals surface area (Å²) in [6, 6.07) is 6.40. The number of nitrogens with zero attached hydrogens (tertiary/aromatic N) is 1. The molecule has 28 heavy (non-hydrogen) atoms. The van der Waals surface area contributed by atoms with E-state index in [0.29, 0.717) is 30.6 Å². The third-order valence-electron chi connectivity index (χ3n) is 4.41. The molecule has 1 atom stereocenters. The van der Waals surface area contributed by atoms with Crippen LogP contribution < -0.4 is 5.32 Å². The second-order valence-corrected chi connectivity index (χ2v) is 9.09. The number of sulfone groups is 1. The molecule has 0 radical (unpaired) electrons. The van der Waals surface area contributed by atoms with Gasteiger partial charge in [0.25, 0.3) is 5.91 Å². The molecule has 0 bridgehead atoms. The molecule has 2 amide bonds. The highest BCUT2D eigenvalue weighted by molar-refractivity contribution is 7.91. The van der Waals surface area contributed by atoms with Crippen LogP contribution >= 0.6 is 0 Å². The molecular formula is C19H26N2O6S. The highest BCUT2D eigenvalue weighted by Gasteiger charge is 2.34. The number of esters is 1. The van der Waals surface area contributed by atoms with Gasteiger partial charge in [-0.25, -0.2) is 8.42 Å². The molecule has 1 N–H and O–H groups in total. The fourth-order valence-corrected chi connectivity index (χ4v) is 4.86. The summed E-state index contributed by atoms with van der Waals surface area (Å²) >= 11 is 0. The van der Waals surface area contributed by atoms with E-state index < -0.39 is 22.4 Å². The van der Waals surface area contributed by atoms with Gasteiger partial charge in [-0.3, -0.25) is 14.4 Å². The first kappa shape index (κ1) is 21.9. The van der Waals surface area contributed by atoms with Gasteiger partial charge < -0.3 is 15.0 Å². The Bertz CT molecular complexity index is 819. The fraction of sp³-hybridized carbons (Fsp3) is 0.526. The van der Waals surface area contributed by atoms with Gasteiger partial charge in [0, 0.05) is 25.2 Å². The van der Waals surface area contributed by atoms with Crippen molar-refractivity contribution in [2.24, 2.45) is 0 Å². The molecule has 8 nitrogen and oxygen atoms in total.